The van der Waals surface area contributed by atoms with Gasteiger partial charge < -0.3 is 10.3 Å². The molecule has 0 unspecified atom stereocenters. The molecule has 1 saturated heterocycles. The van der Waals surface area contributed by atoms with Gasteiger partial charge in [0, 0.05) is 12.1 Å². The predicted octanol–water partition coefficient (Wildman–Crippen LogP) is 2.44. The summed E-state index contributed by atoms with van der Waals surface area (Å²) in [6, 6.07) is 5.56. The van der Waals surface area contributed by atoms with Gasteiger partial charge in [-0.3, -0.25) is 4.79 Å². The van der Waals surface area contributed by atoms with Crippen LogP contribution in [0.1, 0.15) is 23.2 Å². The minimum absolute atomic E-state index is 0.00901. The molecule has 1 amide bonds. The van der Waals surface area contributed by atoms with E-state index in [-0.39, 0.29) is 5.91 Å². The molecule has 4 nitrogen and oxygen atoms in total. The maximum absolute atomic E-state index is 12.1. The second-order valence-corrected chi connectivity index (χ2v) is 6.12. The fraction of sp³-hybridized carbons (Fsp3) is 0.429. The maximum Gasteiger partial charge on any atom is 0.251 e. The van der Waals surface area contributed by atoms with Crippen LogP contribution in [0.5, 0.6) is 0 Å². The van der Waals surface area contributed by atoms with Crippen molar-refractivity contribution in [2.45, 2.75) is 12.8 Å². The van der Waals surface area contributed by atoms with Crippen molar-refractivity contribution in [1.29, 1.82) is 0 Å². The minimum Gasteiger partial charge on any atom is -0.352 e. The van der Waals surface area contributed by atoms with E-state index in [1.165, 1.54) is 24.3 Å². The topological polar surface area (TPSA) is 57.8 Å². The molecular formula is C14H17N3OS. The van der Waals surface area contributed by atoms with Gasteiger partial charge in [0.05, 0.1) is 17.4 Å². The second kappa shape index (κ2) is 5.65. The second-order valence-electron chi connectivity index (χ2n) is 4.90. The first kappa shape index (κ1) is 12.5. The molecule has 0 atom stereocenters. The lowest BCUT2D eigenvalue weighted by Gasteiger charge is -2.21. The molecule has 5 heteroatoms. The minimum atomic E-state index is 0.00901. The number of hydrogen-bond donors (Lipinski definition) is 2. The number of carbonyl (C=O) groups excluding carboxylic acids is 1. The Labute approximate surface area is 116 Å². The van der Waals surface area contributed by atoms with Crippen LogP contribution in [0.4, 0.5) is 0 Å². The molecule has 0 saturated carbocycles. The Balaban J connectivity index is 1.62. The highest BCUT2D eigenvalue weighted by atomic mass is 32.2. The Morgan fingerprint density at radius 3 is 3.11 bits per heavy atom. The molecule has 1 aliphatic rings. The van der Waals surface area contributed by atoms with Crippen molar-refractivity contribution < 1.29 is 4.79 Å². The van der Waals surface area contributed by atoms with E-state index < -0.39 is 0 Å². The maximum atomic E-state index is 12.1. The summed E-state index contributed by atoms with van der Waals surface area (Å²) in [6.07, 6.45) is 4.07. The van der Waals surface area contributed by atoms with Crippen LogP contribution >= 0.6 is 11.8 Å². The Bertz CT molecular complexity index is 575. The van der Waals surface area contributed by atoms with Crippen LogP contribution in [-0.2, 0) is 0 Å². The van der Waals surface area contributed by atoms with Crippen molar-refractivity contribution in [3.63, 3.8) is 0 Å². The molecule has 100 valence electrons. The zero-order chi connectivity index (χ0) is 13.1. The van der Waals surface area contributed by atoms with Gasteiger partial charge in [-0.05, 0) is 48.5 Å². The quantitative estimate of drug-likeness (QED) is 0.904. The normalized spacial score (nSPS) is 16.6. The molecule has 1 aromatic heterocycles. The highest BCUT2D eigenvalue weighted by molar-refractivity contribution is 7.99. The lowest BCUT2D eigenvalue weighted by molar-refractivity contribution is 0.0946. The molecule has 0 radical (unpaired) electrons. The molecular weight excluding hydrogens is 258 g/mol. The number of nitrogens with zero attached hydrogens (tertiary/aromatic N) is 1. The number of hydrogen-bond acceptors (Lipinski definition) is 3. The molecule has 1 aromatic carbocycles. The average Bonchev–Trinajstić information content (AvgIpc) is 2.93. The van der Waals surface area contributed by atoms with Crippen LogP contribution in [0.3, 0.4) is 0 Å². The lowest BCUT2D eigenvalue weighted by atomic mass is 10.0. The van der Waals surface area contributed by atoms with E-state index in [2.05, 4.69) is 15.3 Å². The molecule has 0 aliphatic carbocycles. The van der Waals surface area contributed by atoms with Gasteiger partial charge in [0.1, 0.15) is 0 Å². The lowest BCUT2D eigenvalue weighted by Crippen LogP contribution is -2.30. The summed E-state index contributed by atoms with van der Waals surface area (Å²) >= 11 is 2.01. The van der Waals surface area contributed by atoms with Crippen molar-refractivity contribution in [3.8, 4) is 0 Å². The van der Waals surface area contributed by atoms with E-state index in [1.54, 1.807) is 6.33 Å². The number of rotatable bonds is 3. The van der Waals surface area contributed by atoms with Gasteiger partial charge >= 0.3 is 0 Å². The fourth-order valence-electron chi connectivity index (χ4n) is 2.37. The summed E-state index contributed by atoms with van der Waals surface area (Å²) in [5, 5.41) is 3.04. The zero-order valence-electron chi connectivity index (χ0n) is 10.7. The van der Waals surface area contributed by atoms with Crippen LogP contribution in [-0.4, -0.2) is 33.9 Å². The van der Waals surface area contributed by atoms with E-state index in [4.69, 9.17) is 0 Å². The SMILES string of the molecule is O=C(NCC1CCSCC1)c1ccc2nc[nH]c2c1. The first-order valence-corrected chi connectivity index (χ1v) is 7.77. The van der Waals surface area contributed by atoms with Crippen molar-refractivity contribution in [1.82, 2.24) is 15.3 Å². The van der Waals surface area contributed by atoms with Crippen LogP contribution < -0.4 is 5.32 Å². The van der Waals surface area contributed by atoms with E-state index in [9.17, 15) is 4.79 Å². The monoisotopic (exact) mass is 275 g/mol. The number of amides is 1. The van der Waals surface area contributed by atoms with Crippen LogP contribution in [0.25, 0.3) is 11.0 Å². The molecule has 0 spiro atoms. The third-order valence-corrected chi connectivity index (χ3v) is 4.62. The largest absolute Gasteiger partial charge is 0.352 e. The van der Waals surface area contributed by atoms with Crippen molar-refractivity contribution >= 4 is 28.7 Å². The highest BCUT2D eigenvalue weighted by Crippen LogP contribution is 2.22. The van der Waals surface area contributed by atoms with Gasteiger partial charge in [0.2, 0.25) is 0 Å². The van der Waals surface area contributed by atoms with Crippen LogP contribution in [0.15, 0.2) is 24.5 Å². The average molecular weight is 275 g/mol. The van der Waals surface area contributed by atoms with E-state index in [1.807, 2.05) is 30.0 Å². The molecule has 1 fully saturated rings. The summed E-state index contributed by atoms with van der Waals surface area (Å²) < 4.78 is 0. The number of nitrogens with one attached hydrogen (secondary N) is 2. The first-order chi connectivity index (χ1) is 9.33. The molecule has 1 aliphatic heterocycles. The third kappa shape index (κ3) is 2.92. The van der Waals surface area contributed by atoms with Gasteiger partial charge in [-0.1, -0.05) is 0 Å². The summed E-state index contributed by atoms with van der Waals surface area (Å²) in [4.78, 5) is 19.3. The molecule has 19 heavy (non-hydrogen) atoms. The highest BCUT2D eigenvalue weighted by Gasteiger charge is 2.15. The van der Waals surface area contributed by atoms with Gasteiger partial charge in [0.15, 0.2) is 0 Å². The number of H-pyrrole nitrogens is 1. The number of benzene rings is 1. The summed E-state index contributed by atoms with van der Waals surface area (Å²) in [7, 11) is 0. The van der Waals surface area contributed by atoms with E-state index in [0.29, 0.717) is 11.5 Å². The smallest absolute Gasteiger partial charge is 0.251 e. The number of aromatic nitrogens is 2. The fourth-order valence-corrected chi connectivity index (χ4v) is 3.57. The molecule has 2 heterocycles. The Kier molecular flexibility index (Phi) is 3.73. The Morgan fingerprint density at radius 2 is 2.26 bits per heavy atom. The number of thioether (sulfide) groups is 1. The molecule has 3 rings (SSSR count). The number of aromatic amines is 1. The summed E-state index contributed by atoms with van der Waals surface area (Å²) in [5.41, 5.74) is 2.49. The Hall–Kier alpha value is -1.49. The zero-order valence-corrected chi connectivity index (χ0v) is 11.5. The van der Waals surface area contributed by atoms with Crippen molar-refractivity contribution in [3.05, 3.63) is 30.1 Å². The third-order valence-electron chi connectivity index (χ3n) is 3.57. The summed E-state index contributed by atoms with van der Waals surface area (Å²) in [5.74, 6) is 3.09. The Morgan fingerprint density at radius 1 is 1.42 bits per heavy atom. The van der Waals surface area contributed by atoms with Crippen LogP contribution in [0.2, 0.25) is 0 Å². The molecule has 2 N–H and O–H groups in total. The van der Waals surface area contributed by atoms with Crippen molar-refractivity contribution in [2.24, 2.45) is 5.92 Å². The van der Waals surface area contributed by atoms with E-state index >= 15 is 0 Å². The van der Waals surface area contributed by atoms with E-state index in [0.717, 1.165) is 17.6 Å². The van der Waals surface area contributed by atoms with Crippen molar-refractivity contribution in [2.75, 3.05) is 18.1 Å². The number of imidazole rings is 1. The molecule has 2 aromatic rings. The van der Waals surface area contributed by atoms with Gasteiger partial charge in [-0.2, -0.15) is 11.8 Å². The predicted molar refractivity (Wildman–Crippen MR) is 78.5 cm³/mol. The van der Waals surface area contributed by atoms with Gasteiger partial charge in [-0.25, -0.2) is 4.98 Å². The first-order valence-electron chi connectivity index (χ1n) is 6.62. The summed E-state index contributed by atoms with van der Waals surface area (Å²) in [6.45, 7) is 0.792. The standard InChI is InChI=1S/C14H17N3OS/c18-14(15-8-10-3-5-19-6-4-10)11-1-2-12-13(7-11)17-9-16-12/h1-2,7,9-10H,3-6,8H2,(H,15,18)(H,16,17). The molecule has 0 bridgehead atoms. The van der Waals surface area contributed by atoms with Gasteiger partial charge in [-0.15, -0.1) is 0 Å². The van der Waals surface area contributed by atoms with Gasteiger partial charge in [0.25, 0.3) is 5.91 Å². The van der Waals surface area contributed by atoms with Crippen LogP contribution in [0, 0.1) is 5.92 Å². The number of fused-ring (bicyclic) bond motifs is 1. The number of carbonyl (C=O) groups is 1.